The number of carbonyl (C=O) groups is 2. The maximum absolute atomic E-state index is 14.3. The van der Waals surface area contributed by atoms with Gasteiger partial charge < -0.3 is 9.64 Å². The van der Waals surface area contributed by atoms with Gasteiger partial charge in [-0.25, -0.2) is 9.97 Å². The highest BCUT2D eigenvalue weighted by molar-refractivity contribution is 5.97. The van der Waals surface area contributed by atoms with Crippen molar-refractivity contribution < 1.29 is 23.1 Å². The standard InChI is InChI=1S/C20H20F2N4O3/c1-14(10-11-17(27)25(3)4)26(20(2,21)22)19(28)16-12-23-13-24-18(16)29-15-8-6-5-7-9-15/h5-9,12-14H,1-4H3/t14-/m0/s1. The number of para-hydroxylation sites is 1. The first-order valence-corrected chi connectivity index (χ1v) is 8.58. The lowest BCUT2D eigenvalue weighted by atomic mass is 10.2. The van der Waals surface area contributed by atoms with Crippen molar-refractivity contribution in [2.24, 2.45) is 0 Å². The predicted molar refractivity (Wildman–Crippen MR) is 101 cm³/mol. The van der Waals surface area contributed by atoms with Gasteiger partial charge in [-0.15, -0.1) is 0 Å². The Bertz CT molecular complexity index is 934. The van der Waals surface area contributed by atoms with Crippen molar-refractivity contribution >= 4 is 11.8 Å². The molecule has 9 heteroatoms. The number of benzene rings is 1. The predicted octanol–water partition coefficient (Wildman–Crippen LogP) is 2.80. The van der Waals surface area contributed by atoms with E-state index in [2.05, 4.69) is 21.8 Å². The zero-order chi connectivity index (χ0) is 21.6. The number of halogens is 2. The number of ether oxygens (including phenoxy) is 1. The summed E-state index contributed by atoms with van der Waals surface area (Å²) >= 11 is 0. The van der Waals surface area contributed by atoms with Crippen molar-refractivity contribution in [2.75, 3.05) is 14.1 Å². The molecule has 0 radical (unpaired) electrons. The zero-order valence-corrected chi connectivity index (χ0v) is 16.4. The normalized spacial score (nSPS) is 11.7. The van der Waals surface area contributed by atoms with Crippen molar-refractivity contribution in [1.29, 1.82) is 0 Å². The molecule has 0 spiro atoms. The van der Waals surface area contributed by atoms with Gasteiger partial charge in [0, 0.05) is 27.2 Å². The van der Waals surface area contributed by atoms with Crippen LogP contribution < -0.4 is 4.74 Å². The van der Waals surface area contributed by atoms with Crippen LogP contribution >= 0.6 is 0 Å². The summed E-state index contributed by atoms with van der Waals surface area (Å²) in [4.78, 5) is 33.7. The molecule has 0 aliphatic rings. The van der Waals surface area contributed by atoms with E-state index in [1.807, 2.05) is 0 Å². The second-order valence-electron chi connectivity index (χ2n) is 6.32. The van der Waals surface area contributed by atoms with Crippen LogP contribution in [0.3, 0.4) is 0 Å². The Morgan fingerprint density at radius 2 is 1.86 bits per heavy atom. The maximum Gasteiger partial charge on any atom is 0.326 e. The Morgan fingerprint density at radius 1 is 1.21 bits per heavy atom. The minimum absolute atomic E-state index is 0.171. The molecule has 1 heterocycles. The first-order valence-electron chi connectivity index (χ1n) is 8.58. The summed E-state index contributed by atoms with van der Waals surface area (Å²) in [5.74, 6) is 3.19. The Balaban J connectivity index is 2.39. The van der Waals surface area contributed by atoms with Crippen LogP contribution in [-0.4, -0.2) is 57.8 Å². The molecule has 0 unspecified atom stereocenters. The molecule has 0 bridgehead atoms. The molecule has 152 valence electrons. The molecule has 29 heavy (non-hydrogen) atoms. The van der Waals surface area contributed by atoms with Crippen molar-refractivity contribution in [2.45, 2.75) is 25.9 Å². The summed E-state index contributed by atoms with van der Waals surface area (Å²) in [7, 11) is 2.96. The molecular formula is C20H20F2N4O3. The van der Waals surface area contributed by atoms with Crippen molar-refractivity contribution in [3.05, 3.63) is 48.4 Å². The van der Waals surface area contributed by atoms with Crippen molar-refractivity contribution in [3.8, 4) is 23.5 Å². The SMILES string of the molecule is C[C@@H](C#CC(=O)N(C)C)N(C(=O)c1cncnc1Oc1ccccc1)C(C)(F)F. The molecule has 0 aliphatic carbocycles. The highest BCUT2D eigenvalue weighted by atomic mass is 19.3. The second-order valence-corrected chi connectivity index (χ2v) is 6.32. The maximum atomic E-state index is 14.3. The van der Waals surface area contributed by atoms with Gasteiger partial charge in [0.25, 0.3) is 11.8 Å². The van der Waals surface area contributed by atoms with Gasteiger partial charge in [0.2, 0.25) is 5.88 Å². The number of nitrogens with zero attached hydrogens (tertiary/aromatic N) is 4. The number of rotatable bonds is 5. The lowest BCUT2D eigenvalue weighted by molar-refractivity contribution is -0.123. The van der Waals surface area contributed by atoms with Gasteiger partial charge >= 0.3 is 6.05 Å². The third kappa shape index (κ3) is 5.72. The van der Waals surface area contributed by atoms with E-state index < -0.39 is 23.9 Å². The van der Waals surface area contributed by atoms with Crippen LogP contribution in [0.4, 0.5) is 8.78 Å². The average molecular weight is 402 g/mol. The molecule has 0 saturated carbocycles. The quantitative estimate of drug-likeness (QED) is 0.568. The van der Waals surface area contributed by atoms with E-state index in [1.165, 1.54) is 25.9 Å². The summed E-state index contributed by atoms with van der Waals surface area (Å²) in [5.41, 5.74) is -0.259. The highest BCUT2D eigenvalue weighted by Gasteiger charge is 2.40. The summed E-state index contributed by atoms with van der Waals surface area (Å²) in [6.45, 7) is 1.87. The van der Waals surface area contributed by atoms with Gasteiger partial charge in [-0.05, 0) is 25.0 Å². The second kappa shape index (κ2) is 9.10. The van der Waals surface area contributed by atoms with Crippen molar-refractivity contribution in [1.82, 2.24) is 19.8 Å². The fourth-order valence-corrected chi connectivity index (χ4v) is 2.31. The average Bonchev–Trinajstić information content (AvgIpc) is 2.66. The summed E-state index contributed by atoms with van der Waals surface area (Å²) in [6, 6.07) is 3.62. The largest absolute Gasteiger partial charge is 0.438 e. The van der Waals surface area contributed by atoms with Gasteiger partial charge in [0.15, 0.2) is 0 Å². The van der Waals surface area contributed by atoms with Gasteiger partial charge in [0.1, 0.15) is 17.6 Å². The first kappa shape index (κ1) is 21.8. The Morgan fingerprint density at radius 3 is 2.45 bits per heavy atom. The van der Waals surface area contributed by atoms with Gasteiger partial charge in [-0.3, -0.25) is 14.5 Å². The Hall–Kier alpha value is -3.54. The third-order valence-electron chi connectivity index (χ3n) is 3.69. The molecule has 1 aromatic heterocycles. The van der Waals surface area contributed by atoms with E-state index in [4.69, 9.17) is 4.74 Å². The third-order valence-corrected chi connectivity index (χ3v) is 3.69. The highest BCUT2D eigenvalue weighted by Crippen LogP contribution is 2.28. The Labute approximate surface area is 167 Å². The van der Waals surface area contributed by atoms with E-state index in [-0.39, 0.29) is 16.3 Å². The van der Waals surface area contributed by atoms with Crippen LogP contribution in [0.1, 0.15) is 24.2 Å². The molecule has 0 aliphatic heterocycles. The molecule has 0 saturated heterocycles. The smallest absolute Gasteiger partial charge is 0.326 e. The van der Waals surface area contributed by atoms with Crippen LogP contribution in [-0.2, 0) is 4.79 Å². The van der Waals surface area contributed by atoms with E-state index >= 15 is 0 Å². The van der Waals surface area contributed by atoms with Crippen LogP contribution in [0.2, 0.25) is 0 Å². The van der Waals surface area contributed by atoms with Crippen LogP contribution in [0.25, 0.3) is 0 Å². The molecule has 2 amide bonds. The van der Waals surface area contributed by atoms with Gasteiger partial charge in [-0.2, -0.15) is 8.78 Å². The number of hydrogen-bond acceptors (Lipinski definition) is 5. The van der Waals surface area contributed by atoms with E-state index in [9.17, 15) is 18.4 Å². The van der Waals surface area contributed by atoms with E-state index in [0.29, 0.717) is 12.7 Å². The number of alkyl halides is 2. The molecule has 2 aromatic rings. The molecule has 1 aromatic carbocycles. The Kier molecular flexibility index (Phi) is 6.83. The minimum atomic E-state index is -3.56. The summed E-state index contributed by atoms with van der Waals surface area (Å²) in [6.07, 6.45) is 2.24. The molecular weight excluding hydrogens is 382 g/mol. The molecule has 2 rings (SSSR count). The van der Waals surface area contributed by atoms with Gasteiger partial charge in [0.05, 0.1) is 6.04 Å². The molecule has 0 N–H and O–H groups in total. The number of aromatic nitrogens is 2. The topological polar surface area (TPSA) is 75.6 Å². The lowest BCUT2D eigenvalue weighted by Gasteiger charge is -2.31. The number of hydrogen-bond donors (Lipinski definition) is 0. The summed E-state index contributed by atoms with van der Waals surface area (Å²) < 4.78 is 34.1. The van der Waals surface area contributed by atoms with Crippen LogP contribution in [0.15, 0.2) is 42.9 Å². The van der Waals surface area contributed by atoms with Crippen LogP contribution in [0.5, 0.6) is 11.6 Å². The lowest BCUT2D eigenvalue weighted by Crippen LogP contribution is -2.48. The number of carbonyl (C=O) groups excluding carboxylic acids is 2. The fraction of sp³-hybridized carbons (Fsp3) is 0.300. The van der Waals surface area contributed by atoms with Crippen LogP contribution in [0, 0.1) is 11.8 Å². The number of amides is 2. The van der Waals surface area contributed by atoms with E-state index in [0.717, 1.165) is 12.5 Å². The van der Waals surface area contributed by atoms with Crippen molar-refractivity contribution in [3.63, 3.8) is 0 Å². The zero-order valence-electron chi connectivity index (χ0n) is 16.4. The minimum Gasteiger partial charge on any atom is -0.438 e. The monoisotopic (exact) mass is 402 g/mol. The molecule has 1 atom stereocenters. The molecule has 0 fully saturated rings. The molecule has 7 nitrogen and oxygen atoms in total. The van der Waals surface area contributed by atoms with E-state index in [1.54, 1.807) is 30.3 Å². The summed E-state index contributed by atoms with van der Waals surface area (Å²) in [5, 5.41) is 0. The van der Waals surface area contributed by atoms with Gasteiger partial charge in [-0.1, -0.05) is 24.1 Å². The fourth-order valence-electron chi connectivity index (χ4n) is 2.31. The first-order chi connectivity index (χ1) is 13.6.